The van der Waals surface area contributed by atoms with E-state index in [2.05, 4.69) is 19.2 Å². The quantitative estimate of drug-likeness (QED) is 0.837. The molecule has 2 nitrogen and oxygen atoms in total. The van der Waals surface area contributed by atoms with Crippen LogP contribution in [0.15, 0.2) is 53.4 Å². The van der Waals surface area contributed by atoms with Crippen LogP contribution in [0.25, 0.3) is 0 Å². The molecule has 1 amide bonds. The first-order valence-corrected chi connectivity index (χ1v) is 7.29. The van der Waals surface area contributed by atoms with E-state index >= 15 is 0 Å². The normalized spacial score (nSPS) is 10.2. The third-order valence-electron chi connectivity index (χ3n) is 2.78. The van der Waals surface area contributed by atoms with E-state index in [4.69, 9.17) is 0 Å². The van der Waals surface area contributed by atoms with E-state index in [0.29, 0.717) is 5.56 Å². The second kappa shape index (κ2) is 6.43. The van der Waals surface area contributed by atoms with Gasteiger partial charge in [-0.1, -0.05) is 31.2 Å². The summed E-state index contributed by atoms with van der Waals surface area (Å²) in [4.78, 5) is 13.3. The van der Waals surface area contributed by atoms with E-state index in [1.54, 1.807) is 11.8 Å². The molecule has 0 fully saturated rings. The van der Waals surface area contributed by atoms with Crippen molar-refractivity contribution in [2.75, 3.05) is 11.1 Å². The zero-order valence-corrected chi connectivity index (χ0v) is 12.0. The molecule has 0 unspecified atom stereocenters. The predicted octanol–water partition coefficient (Wildman–Crippen LogP) is 4.36. The van der Waals surface area contributed by atoms with E-state index in [1.807, 2.05) is 48.5 Å². The van der Waals surface area contributed by atoms with Gasteiger partial charge in [0.25, 0.3) is 5.91 Å². The average Bonchev–Trinajstić information content (AvgIpc) is 2.44. The lowest BCUT2D eigenvalue weighted by molar-refractivity contribution is 0.102. The van der Waals surface area contributed by atoms with Crippen LogP contribution in [-0.2, 0) is 0 Å². The first-order chi connectivity index (χ1) is 9.20. The first kappa shape index (κ1) is 13.7. The van der Waals surface area contributed by atoms with E-state index in [0.717, 1.165) is 11.4 Å². The summed E-state index contributed by atoms with van der Waals surface area (Å²) in [5.41, 5.74) is 2.76. The highest BCUT2D eigenvalue weighted by Crippen LogP contribution is 2.25. The Labute approximate surface area is 118 Å². The molecule has 0 spiro atoms. The summed E-state index contributed by atoms with van der Waals surface area (Å²) in [5, 5.41) is 2.93. The number of amides is 1. The fourth-order valence-electron chi connectivity index (χ4n) is 1.78. The van der Waals surface area contributed by atoms with Crippen molar-refractivity contribution in [3.8, 4) is 0 Å². The van der Waals surface area contributed by atoms with Gasteiger partial charge < -0.3 is 5.32 Å². The summed E-state index contributed by atoms with van der Waals surface area (Å²) < 4.78 is 0. The van der Waals surface area contributed by atoms with Gasteiger partial charge in [-0.25, -0.2) is 0 Å². The molecule has 0 saturated heterocycles. The second-order valence-electron chi connectivity index (χ2n) is 4.23. The molecular weight excluding hydrogens is 254 g/mol. The average molecular weight is 271 g/mol. The number of benzene rings is 2. The second-order valence-corrected chi connectivity index (χ2v) is 5.54. The first-order valence-electron chi connectivity index (χ1n) is 6.30. The maximum atomic E-state index is 12.1. The van der Waals surface area contributed by atoms with E-state index in [9.17, 15) is 4.79 Å². The SMILES string of the molecule is CCSc1cc(NC(=O)c2ccccc2)ccc1C. The summed E-state index contributed by atoms with van der Waals surface area (Å²) in [5.74, 6) is 0.952. The lowest BCUT2D eigenvalue weighted by Crippen LogP contribution is -2.11. The zero-order valence-electron chi connectivity index (χ0n) is 11.1. The topological polar surface area (TPSA) is 29.1 Å². The Kier molecular flexibility index (Phi) is 4.63. The van der Waals surface area contributed by atoms with Gasteiger partial charge in [-0.15, -0.1) is 11.8 Å². The minimum absolute atomic E-state index is 0.0723. The molecule has 2 aromatic carbocycles. The van der Waals surface area contributed by atoms with Gasteiger partial charge >= 0.3 is 0 Å². The summed E-state index contributed by atoms with van der Waals surface area (Å²) in [6.45, 7) is 4.21. The highest BCUT2D eigenvalue weighted by molar-refractivity contribution is 7.99. The number of carbonyl (C=O) groups is 1. The van der Waals surface area contributed by atoms with Crippen molar-refractivity contribution in [2.24, 2.45) is 0 Å². The maximum Gasteiger partial charge on any atom is 0.255 e. The van der Waals surface area contributed by atoms with E-state index in [-0.39, 0.29) is 5.91 Å². The molecule has 0 aliphatic heterocycles. The number of thioether (sulfide) groups is 1. The minimum Gasteiger partial charge on any atom is -0.322 e. The molecule has 0 bridgehead atoms. The lowest BCUT2D eigenvalue weighted by Gasteiger charge is -2.09. The van der Waals surface area contributed by atoms with Crippen molar-refractivity contribution < 1.29 is 4.79 Å². The largest absolute Gasteiger partial charge is 0.322 e. The predicted molar refractivity (Wildman–Crippen MR) is 82.0 cm³/mol. The molecule has 2 aromatic rings. The van der Waals surface area contributed by atoms with Gasteiger partial charge in [-0.2, -0.15) is 0 Å². The van der Waals surface area contributed by atoms with Crippen LogP contribution < -0.4 is 5.32 Å². The van der Waals surface area contributed by atoms with Crippen LogP contribution in [0.3, 0.4) is 0 Å². The lowest BCUT2D eigenvalue weighted by atomic mass is 10.2. The third kappa shape index (κ3) is 3.61. The van der Waals surface area contributed by atoms with Crippen LogP contribution in [0.4, 0.5) is 5.69 Å². The van der Waals surface area contributed by atoms with Gasteiger partial charge in [0.05, 0.1) is 0 Å². The molecule has 3 heteroatoms. The smallest absolute Gasteiger partial charge is 0.255 e. The van der Waals surface area contributed by atoms with Crippen molar-refractivity contribution in [2.45, 2.75) is 18.7 Å². The standard InChI is InChI=1S/C16H17NOS/c1-3-19-15-11-14(10-9-12(15)2)17-16(18)13-7-5-4-6-8-13/h4-11H,3H2,1-2H3,(H,17,18). The number of hydrogen-bond acceptors (Lipinski definition) is 2. The molecule has 0 saturated carbocycles. The van der Waals surface area contributed by atoms with Gasteiger partial charge in [-0.05, 0) is 42.5 Å². The zero-order chi connectivity index (χ0) is 13.7. The summed E-state index contributed by atoms with van der Waals surface area (Å²) >= 11 is 1.79. The molecule has 0 aliphatic carbocycles. The molecule has 0 radical (unpaired) electrons. The number of rotatable bonds is 4. The molecule has 1 N–H and O–H groups in total. The highest BCUT2D eigenvalue weighted by Gasteiger charge is 2.06. The van der Waals surface area contributed by atoms with Crippen molar-refractivity contribution in [1.29, 1.82) is 0 Å². The van der Waals surface area contributed by atoms with Crippen LogP contribution >= 0.6 is 11.8 Å². The molecule has 98 valence electrons. The van der Waals surface area contributed by atoms with Gasteiger partial charge in [0.1, 0.15) is 0 Å². The highest BCUT2D eigenvalue weighted by atomic mass is 32.2. The molecule has 2 rings (SSSR count). The molecule has 0 aliphatic rings. The van der Waals surface area contributed by atoms with Crippen LogP contribution in [0, 0.1) is 6.92 Å². The Bertz CT molecular complexity index is 566. The summed E-state index contributed by atoms with van der Waals surface area (Å²) in [7, 11) is 0. The fraction of sp³-hybridized carbons (Fsp3) is 0.188. The summed E-state index contributed by atoms with van der Waals surface area (Å²) in [6.07, 6.45) is 0. The Morgan fingerprint density at radius 1 is 1.16 bits per heavy atom. The minimum atomic E-state index is -0.0723. The van der Waals surface area contributed by atoms with Crippen molar-refractivity contribution in [3.05, 3.63) is 59.7 Å². The fourth-order valence-corrected chi connectivity index (χ4v) is 2.60. The van der Waals surface area contributed by atoms with Gasteiger partial charge in [-0.3, -0.25) is 4.79 Å². The van der Waals surface area contributed by atoms with Crippen LogP contribution in [0.1, 0.15) is 22.8 Å². The molecular formula is C16H17NOS. The number of hydrogen-bond donors (Lipinski definition) is 1. The monoisotopic (exact) mass is 271 g/mol. The van der Waals surface area contributed by atoms with Crippen molar-refractivity contribution in [3.63, 3.8) is 0 Å². The van der Waals surface area contributed by atoms with E-state index in [1.165, 1.54) is 10.5 Å². The number of nitrogens with one attached hydrogen (secondary N) is 1. The third-order valence-corrected chi connectivity index (χ3v) is 3.82. The molecule has 0 aromatic heterocycles. The van der Waals surface area contributed by atoms with Gasteiger partial charge in [0, 0.05) is 16.1 Å². The Morgan fingerprint density at radius 3 is 2.58 bits per heavy atom. The van der Waals surface area contributed by atoms with E-state index < -0.39 is 0 Å². The molecule has 0 heterocycles. The molecule has 19 heavy (non-hydrogen) atoms. The number of carbonyl (C=O) groups excluding carboxylic acids is 1. The van der Waals surface area contributed by atoms with Crippen molar-refractivity contribution in [1.82, 2.24) is 0 Å². The van der Waals surface area contributed by atoms with Crippen LogP contribution in [0.2, 0.25) is 0 Å². The van der Waals surface area contributed by atoms with Crippen LogP contribution in [-0.4, -0.2) is 11.7 Å². The maximum absolute atomic E-state index is 12.1. The number of aryl methyl sites for hydroxylation is 1. The summed E-state index contributed by atoms with van der Waals surface area (Å²) in [6, 6.07) is 15.3. The Hall–Kier alpha value is -1.74. The van der Waals surface area contributed by atoms with Gasteiger partial charge in [0.15, 0.2) is 0 Å². The Balaban J connectivity index is 2.15. The number of anilines is 1. The van der Waals surface area contributed by atoms with Crippen molar-refractivity contribution >= 4 is 23.4 Å². The van der Waals surface area contributed by atoms with Crippen LogP contribution in [0.5, 0.6) is 0 Å². The van der Waals surface area contributed by atoms with Gasteiger partial charge in [0.2, 0.25) is 0 Å². The Morgan fingerprint density at radius 2 is 1.89 bits per heavy atom. The molecule has 0 atom stereocenters.